The lowest BCUT2D eigenvalue weighted by molar-refractivity contribution is 0.250. The molecule has 0 heterocycles. The van der Waals surface area contributed by atoms with Gasteiger partial charge in [-0.3, -0.25) is 4.79 Å². The molecule has 0 rings (SSSR count). The Kier molecular flexibility index (Phi) is 2.89. The zero-order chi connectivity index (χ0) is 9.28. The van der Waals surface area contributed by atoms with Crippen LogP contribution in [-0.4, -0.2) is 19.1 Å². The van der Waals surface area contributed by atoms with Crippen LogP contribution < -0.4 is 5.32 Å². The Balaban J connectivity index is 4.11. The predicted molar refractivity (Wildman–Crippen MR) is 51.6 cm³/mol. The molecule has 66 valence electrons. The van der Waals surface area contributed by atoms with Gasteiger partial charge in [0.2, 0.25) is 0 Å². The molecule has 0 saturated carbocycles. The third-order valence-corrected chi connectivity index (χ3v) is 2.66. The summed E-state index contributed by atoms with van der Waals surface area (Å²) in [6.07, 6.45) is 0. The lowest BCUT2D eigenvalue weighted by Gasteiger charge is -2.25. The fraction of sp³-hybridized carbons (Fsp3) is 0.875. The highest BCUT2D eigenvalue weighted by atomic mass is 28.3. The van der Waals surface area contributed by atoms with Crippen molar-refractivity contribution in [1.29, 1.82) is 0 Å². The molecule has 11 heavy (non-hydrogen) atoms. The van der Waals surface area contributed by atoms with Gasteiger partial charge in [-0.05, 0) is 20.8 Å². The number of amides is 1. The third kappa shape index (κ3) is 5.01. The van der Waals surface area contributed by atoms with Crippen molar-refractivity contribution < 1.29 is 4.79 Å². The first kappa shape index (κ1) is 10.7. The Bertz CT molecular complexity index is 152. The minimum Gasteiger partial charge on any atom is -0.356 e. The highest BCUT2D eigenvalue weighted by molar-refractivity contribution is 7.03. The Morgan fingerprint density at radius 1 is 1.18 bits per heavy atom. The molecule has 0 unspecified atom stereocenters. The van der Waals surface area contributed by atoms with Crippen molar-refractivity contribution in [2.24, 2.45) is 0 Å². The van der Waals surface area contributed by atoms with E-state index in [0.29, 0.717) is 0 Å². The molecule has 0 atom stereocenters. The van der Waals surface area contributed by atoms with E-state index in [-0.39, 0.29) is 11.1 Å². The molecule has 0 saturated heterocycles. The Morgan fingerprint density at radius 3 is 1.64 bits per heavy atom. The maximum Gasteiger partial charge on any atom is 0.192 e. The zero-order valence-corrected chi connectivity index (χ0v) is 9.41. The number of hydrogen-bond donors (Lipinski definition) is 1. The molecule has 0 aliphatic rings. The van der Waals surface area contributed by atoms with E-state index in [2.05, 4.69) is 5.32 Å². The number of carbonyl (C=O) groups excluding carboxylic acids is 1. The Hall–Kier alpha value is -0.313. The first-order valence-electron chi connectivity index (χ1n) is 3.95. The summed E-state index contributed by atoms with van der Waals surface area (Å²) in [5.74, 6) is 0. The highest BCUT2D eigenvalue weighted by Crippen LogP contribution is 2.06. The molecule has 0 aliphatic carbocycles. The summed E-state index contributed by atoms with van der Waals surface area (Å²) in [6.45, 7) is 12.2. The zero-order valence-electron chi connectivity index (χ0n) is 8.41. The van der Waals surface area contributed by atoms with E-state index in [1.165, 1.54) is 0 Å². The fourth-order valence-corrected chi connectivity index (χ4v) is 1.28. The predicted octanol–water partition coefficient (Wildman–Crippen LogP) is 2.41. The van der Waals surface area contributed by atoms with Gasteiger partial charge >= 0.3 is 0 Å². The van der Waals surface area contributed by atoms with Crippen LogP contribution in [0.4, 0.5) is 4.79 Å². The van der Waals surface area contributed by atoms with Gasteiger partial charge in [-0.15, -0.1) is 0 Å². The molecule has 0 fully saturated rings. The average Bonchev–Trinajstić information content (AvgIpc) is 1.56. The minimum atomic E-state index is -1.62. The van der Waals surface area contributed by atoms with E-state index >= 15 is 0 Å². The number of carbonyl (C=O) groups is 1. The van der Waals surface area contributed by atoms with Crippen LogP contribution in [0, 0.1) is 0 Å². The number of hydrogen-bond acceptors (Lipinski definition) is 1. The standard InChI is InChI=1S/C8H19NOSi/c1-8(2,3)9-7(10)11(4,5)6/h1-6H3,(H,9,10). The van der Waals surface area contributed by atoms with Gasteiger partial charge in [-0.2, -0.15) is 0 Å². The van der Waals surface area contributed by atoms with Crippen LogP contribution in [0.5, 0.6) is 0 Å². The van der Waals surface area contributed by atoms with Gasteiger partial charge in [0.05, 0.1) is 0 Å². The summed E-state index contributed by atoms with van der Waals surface area (Å²) >= 11 is 0. The lowest BCUT2D eigenvalue weighted by Crippen LogP contribution is -2.50. The molecular weight excluding hydrogens is 154 g/mol. The van der Waals surface area contributed by atoms with Gasteiger partial charge in [0, 0.05) is 5.54 Å². The topological polar surface area (TPSA) is 29.1 Å². The van der Waals surface area contributed by atoms with Crippen LogP contribution in [-0.2, 0) is 0 Å². The van der Waals surface area contributed by atoms with E-state index in [0.717, 1.165) is 0 Å². The summed E-state index contributed by atoms with van der Waals surface area (Å²) in [7, 11) is -1.62. The summed E-state index contributed by atoms with van der Waals surface area (Å²) in [5, 5.41) is 2.98. The van der Waals surface area contributed by atoms with Crippen LogP contribution in [0.3, 0.4) is 0 Å². The van der Waals surface area contributed by atoms with E-state index in [1.54, 1.807) is 0 Å². The largest absolute Gasteiger partial charge is 0.356 e. The molecular formula is C8H19NOSi. The molecule has 1 amide bonds. The second-order valence-corrected chi connectivity index (χ2v) is 9.91. The maximum absolute atomic E-state index is 11.4. The van der Waals surface area contributed by atoms with Crippen molar-refractivity contribution in [2.45, 2.75) is 46.0 Å². The van der Waals surface area contributed by atoms with Crippen molar-refractivity contribution >= 4 is 13.6 Å². The molecule has 0 aromatic carbocycles. The molecule has 1 N–H and O–H groups in total. The van der Waals surface area contributed by atoms with Crippen molar-refractivity contribution in [2.75, 3.05) is 0 Å². The van der Waals surface area contributed by atoms with Gasteiger partial charge in [0.25, 0.3) is 0 Å². The van der Waals surface area contributed by atoms with Crippen molar-refractivity contribution in [3.05, 3.63) is 0 Å². The van der Waals surface area contributed by atoms with Crippen LogP contribution >= 0.6 is 0 Å². The molecule has 3 heteroatoms. The van der Waals surface area contributed by atoms with Crippen LogP contribution in [0.15, 0.2) is 0 Å². The van der Waals surface area contributed by atoms with Crippen molar-refractivity contribution in [3.63, 3.8) is 0 Å². The normalized spacial score (nSPS) is 12.9. The van der Waals surface area contributed by atoms with Crippen LogP contribution in [0.25, 0.3) is 0 Å². The van der Waals surface area contributed by atoms with Crippen LogP contribution in [0.1, 0.15) is 20.8 Å². The van der Waals surface area contributed by atoms with Crippen LogP contribution in [0.2, 0.25) is 19.6 Å². The summed E-state index contributed by atoms with van der Waals surface area (Å²) in [5.41, 5.74) is 0.155. The second kappa shape index (κ2) is 2.97. The molecule has 0 bridgehead atoms. The minimum absolute atomic E-state index is 0.0859. The molecule has 0 radical (unpaired) electrons. The van der Waals surface area contributed by atoms with Gasteiger partial charge in [-0.25, -0.2) is 0 Å². The Morgan fingerprint density at radius 2 is 1.55 bits per heavy atom. The van der Waals surface area contributed by atoms with Gasteiger partial charge in [-0.1, -0.05) is 19.6 Å². The molecule has 0 aromatic heterocycles. The smallest absolute Gasteiger partial charge is 0.192 e. The monoisotopic (exact) mass is 173 g/mol. The number of nitrogens with one attached hydrogen (secondary N) is 1. The van der Waals surface area contributed by atoms with Gasteiger partial charge in [0.15, 0.2) is 13.6 Å². The van der Waals surface area contributed by atoms with E-state index in [9.17, 15) is 4.79 Å². The molecule has 0 aliphatic heterocycles. The highest BCUT2D eigenvalue weighted by Gasteiger charge is 2.27. The third-order valence-electron chi connectivity index (χ3n) is 1.17. The fourth-order valence-electron chi connectivity index (χ4n) is 0.528. The quantitative estimate of drug-likeness (QED) is 0.606. The summed E-state index contributed by atoms with van der Waals surface area (Å²) in [4.78, 5) is 11.4. The van der Waals surface area contributed by atoms with Gasteiger partial charge < -0.3 is 5.32 Å². The number of rotatable bonds is 1. The van der Waals surface area contributed by atoms with Crippen molar-refractivity contribution in [3.8, 4) is 0 Å². The molecule has 0 aromatic rings. The molecule has 2 nitrogen and oxygen atoms in total. The van der Waals surface area contributed by atoms with E-state index in [4.69, 9.17) is 0 Å². The van der Waals surface area contributed by atoms with E-state index < -0.39 is 8.07 Å². The Labute approximate surface area is 70.4 Å². The van der Waals surface area contributed by atoms with E-state index in [1.807, 2.05) is 40.4 Å². The first-order valence-corrected chi connectivity index (χ1v) is 7.45. The summed E-state index contributed by atoms with van der Waals surface area (Å²) in [6, 6.07) is 0. The second-order valence-electron chi connectivity index (χ2n) is 4.95. The SMILES string of the molecule is CC(C)(C)NC(=O)[Si](C)(C)C. The van der Waals surface area contributed by atoms with Gasteiger partial charge in [0.1, 0.15) is 0 Å². The lowest BCUT2D eigenvalue weighted by atomic mass is 10.1. The average molecular weight is 173 g/mol. The van der Waals surface area contributed by atoms with Crippen molar-refractivity contribution in [1.82, 2.24) is 5.32 Å². The maximum atomic E-state index is 11.4. The summed E-state index contributed by atoms with van der Waals surface area (Å²) < 4.78 is 0. The molecule has 0 spiro atoms. The first-order chi connectivity index (χ1) is 4.63.